The van der Waals surface area contributed by atoms with Crippen LogP contribution in [0.5, 0.6) is 0 Å². The first-order valence-electron chi connectivity index (χ1n) is 12.4. The van der Waals surface area contributed by atoms with Gasteiger partial charge in [0.1, 0.15) is 0 Å². The summed E-state index contributed by atoms with van der Waals surface area (Å²) in [6.45, 7) is 9.35. The molecule has 5 heteroatoms. The molecular formula is C27H39N3OS. The first kappa shape index (κ1) is 23.3. The van der Waals surface area contributed by atoms with Gasteiger partial charge in [0, 0.05) is 38.8 Å². The molecule has 32 heavy (non-hydrogen) atoms. The van der Waals surface area contributed by atoms with E-state index in [1.165, 1.54) is 29.5 Å². The Morgan fingerprint density at radius 3 is 2.34 bits per heavy atom. The van der Waals surface area contributed by atoms with Gasteiger partial charge in [-0.15, -0.1) is 0 Å². The second-order valence-electron chi connectivity index (χ2n) is 10.1. The van der Waals surface area contributed by atoms with E-state index in [1.807, 2.05) is 4.90 Å². The minimum Gasteiger partial charge on any atom is -0.335 e. The van der Waals surface area contributed by atoms with Crippen LogP contribution in [0.1, 0.15) is 75.0 Å². The summed E-state index contributed by atoms with van der Waals surface area (Å²) < 4.78 is 0. The highest BCUT2D eigenvalue weighted by atomic mass is 32.1. The van der Waals surface area contributed by atoms with E-state index in [0.29, 0.717) is 17.9 Å². The molecule has 174 valence electrons. The zero-order valence-corrected chi connectivity index (χ0v) is 20.6. The molecule has 2 aliphatic rings. The average Bonchev–Trinajstić information content (AvgIpc) is 3.49. The Bertz CT molecular complexity index is 819. The molecule has 1 saturated heterocycles. The summed E-state index contributed by atoms with van der Waals surface area (Å²) in [5, 5.41) is 7.70. The molecule has 0 atom stereocenters. The molecule has 4 nitrogen and oxygen atoms in total. The fraction of sp³-hybridized carbons (Fsp3) is 0.593. The van der Waals surface area contributed by atoms with E-state index < -0.39 is 0 Å². The molecule has 0 unspecified atom stereocenters. The highest BCUT2D eigenvalue weighted by Gasteiger charge is 2.26. The minimum absolute atomic E-state index is 0.163. The number of likely N-dealkylation sites (tertiary alicyclic amines) is 1. The number of urea groups is 1. The smallest absolute Gasteiger partial charge is 0.317 e. The fourth-order valence-corrected chi connectivity index (χ4v) is 5.77. The highest BCUT2D eigenvalue weighted by Crippen LogP contribution is 2.23. The van der Waals surface area contributed by atoms with Crippen molar-refractivity contribution in [2.45, 2.75) is 77.4 Å². The summed E-state index contributed by atoms with van der Waals surface area (Å²) in [7, 11) is 0. The number of piperidine rings is 1. The molecule has 2 aromatic rings. The van der Waals surface area contributed by atoms with Gasteiger partial charge >= 0.3 is 6.03 Å². The molecule has 2 fully saturated rings. The van der Waals surface area contributed by atoms with Gasteiger partial charge in [0.05, 0.1) is 0 Å². The normalized spacial score (nSPS) is 18.1. The van der Waals surface area contributed by atoms with E-state index in [1.54, 1.807) is 11.3 Å². The average molecular weight is 454 g/mol. The lowest BCUT2D eigenvalue weighted by Gasteiger charge is -2.35. The molecule has 0 bridgehead atoms. The number of rotatable bonds is 8. The number of hydrogen-bond donors (Lipinski definition) is 1. The number of carbonyl (C=O) groups is 1. The fourth-order valence-electron chi connectivity index (χ4n) is 5.11. The quantitative estimate of drug-likeness (QED) is 0.514. The van der Waals surface area contributed by atoms with E-state index in [2.05, 4.69) is 65.2 Å². The lowest BCUT2D eigenvalue weighted by molar-refractivity contribution is 0.139. The van der Waals surface area contributed by atoms with Gasteiger partial charge in [-0.1, -0.05) is 51.0 Å². The van der Waals surface area contributed by atoms with Gasteiger partial charge in [-0.3, -0.25) is 4.90 Å². The lowest BCUT2D eigenvalue weighted by atomic mass is 9.95. The topological polar surface area (TPSA) is 35.6 Å². The molecule has 2 heterocycles. The van der Waals surface area contributed by atoms with Crippen molar-refractivity contribution in [3.05, 3.63) is 57.8 Å². The van der Waals surface area contributed by atoms with Crippen molar-refractivity contribution in [2.24, 2.45) is 5.92 Å². The highest BCUT2D eigenvalue weighted by molar-refractivity contribution is 7.07. The van der Waals surface area contributed by atoms with Crippen LogP contribution in [-0.2, 0) is 13.1 Å². The van der Waals surface area contributed by atoms with Gasteiger partial charge in [0.15, 0.2) is 0 Å². The van der Waals surface area contributed by atoms with Gasteiger partial charge in [0.25, 0.3) is 0 Å². The van der Waals surface area contributed by atoms with Crippen LogP contribution in [0.2, 0.25) is 0 Å². The van der Waals surface area contributed by atoms with E-state index in [4.69, 9.17) is 0 Å². The lowest BCUT2D eigenvalue weighted by Crippen LogP contribution is -2.48. The summed E-state index contributed by atoms with van der Waals surface area (Å²) in [5.41, 5.74) is 4.20. The summed E-state index contributed by atoms with van der Waals surface area (Å²) in [5.74, 6) is 1.22. The van der Waals surface area contributed by atoms with Crippen molar-refractivity contribution in [1.29, 1.82) is 0 Å². The maximum Gasteiger partial charge on any atom is 0.317 e. The molecule has 0 spiro atoms. The van der Waals surface area contributed by atoms with Crippen LogP contribution in [0, 0.1) is 5.92 Å². The number of nitrogens with one attached hydrogen (secondary N) is 1. The maximum absolute atomic E-state index is 12.6. The molecule has 1 saturated carbocycles. The van der Waals surface area contributed by atoms with Gasteiger partial charge in [0.2, 0.25) is 0 Å². The predicted octanol–water partition coefficient (Wildman–Crippen LogP) is 6.24. The monoisotopic (exact) mass is 453 g/mol. The molecule has 2 amide bonds. The molecule has 1 aliphatic carbocycles. The standard InChI is InChI=1S/C27H39N3OS/c1-21(2)25-9-7-22(8-10-25)17-29(19-24-13-16-32-20-24)18-23-11-14-30(15-12-23)27(31)28-26-5-3-4-6-26/h7-10,13,16,20-21,23,26H,3-6,11-12,14-15,17-19H2,1-2H3,(H,28,31). The number of amides is 2. The van der Waals surface area contributed by atoms with Gasteiger partial charge in [-0.2, -0.15) is 11.3 Å². The number of carbonyl (C=O) groups excluding carboxylic acids is 1. The van der Waals surface area contributed by atoms with Crippen LogP contribution >= 0.6 is 11.3 Å². The van der Waals surface area contributed by atoms with E-state index >= 15 is 0 Å². The third-order valence-corrected chi connectivity index (χ3v) is 7.87. The first-order chi connectivity index (χ1) is 15.6. The molecule has 1 aliphatic heterocycles. The van der Waals surface area contributed by atoms with E-state index in [0.717, 1.165) is 58.4 Å². The Morgan fingerprint density at radius 2 is 1.72 bits per heavy atom. The largest absolute Gasteiger partial charge is 0.335 e. The van der Waals surface area contributed by atoms with Crippen LogP contribution in [0.25, 0.3) is 0 Å². The molecule has 1 aromatic heterocycles. The number of nitrogens with zero attached hydrogens (tertiary/aromatic N) is 2. The second kappa shape index (κ2) is 11.3. The van der Waals surface area contributed by atoms with Crippen molar-refractivity contribution in [1.82, 2.24) is 15.1 Å². The van der Waals surface area contributed by atoms with Gasteiger partial charge < -0.3 is 10.2 Å². The molecule has 0 radical (unpaired) electrons. The molecule has 1 N–H and O–H groups in total. The zero-order chi connectivity index (χ0) is 22.3. The van der Waals surface area contributed by atoms with Crippen LogP contribution in [-0.4, -0.2) is 41.5 Å². The summed E-state index contributed by atoms with van der Waals surface area (Å²) in [6.07, 6.45) is 7.02. The summed E-state index contributed by atoms with van der Waals surface area (Å²) >= 11 is 1.78. The Kier molecular flexibility index (Phi) is 8.26. The Morgan fingerprint density at radius 1 is 1.03 bits per heavy atom. The summed E-state index contributed by atoms with van der Waals surface area (Å²) in [4.78, 5) is 17.3. The molecular weight excluding hydrogens is 414 g/mol. The maximum atomic E-state index is 12.6. The first-order valence-corrected chi connectivity index (χ1v) is 13.4. The van der Waals surface area contributed by atoms with Crippen molar-refractivity contribution in [2.75, 3.05) is 19.6 Å². The summed E-state index contributed by atoms with van der Waals surface area (Å²) in [6, 6.07) is 12.0. The van der Waals surface area contributed by atoms with Crippen LogP contribution in [0.4, 0.5) is 4.79 Å². The third kappa shape index (κ3) is 6.58. The SMILES string of the molecule is CC(C)c1ccc(CN(Cc2ccsc2)CC2CCN(C(=O)NC3CCCC3)CC2)cc1. The molecule has 1 aromatic carbocycles. The number of benzene rings is 1. The Hall–Kier alpha value is -1.85. The van der Waals surface area contributed by atoms with Crippen molar-refractivity contribution >= 4 is 17.4 Å². The zero-order valence-electron chi connectivity index (χ0n) is 19.8. The Labute approximate surface area is 198 Å². The van der Waals surface area contributed by atoms with Gasteiger partial charge in [-0.25, -0.2) is 4.79 Å². The number of hydrogen-bond acceptors (Lipinski definition) is 3. The second-order valence-corrected chi connectivity index (χ2v) is 10.8. The van der Waals surface area contributed by atoms with Crippen LogP contribution in [0.3, 0.4) is 0 Å². The van der Waals surface area contributed by atoms with E-state index in [-0.39, 0.29) is 6.03 Å². The van der Waals surface area contributed by atoms with Crippen molar-refractivity contribution in [3.8, 4) is 0 Å². The Balaban J connectivity index is 1.31. The predicted molar refractivity (Wildman–Crippen MR) is 134 cm³/mol. The number of thiophene rings is 1. The van der Waals surface area contributed by atoms with Crippen LogP contribution < -0.4 is 5.32 Å². The molecule has 4 rings (SSSR count). The minimum atomic E-state index is 0.163. The third-order valence-electron chi connectivity index (χ3n) is 7.14. The van der Waals surface area contributed by atoms with Crippen LogP contribution in [0.15, 0.2) is 41.1 Å². The van der Waals surface area contributed by atoms with Crippen molar-refractivity contribution in [3.63, 3.8) is 0 Å². The van der Waals surface area contributed by atoms with Crippen molar-refractivity contribution < 1.29 is 4.79 Å². The van der Waals surface area contributed by atoms with E-state index in [9.17, 15) is 4.79 Å². The van der Waals surface area contributed by atoms with Gasteiger partial charge in [-0.05, 0) is 71.0 Å².